The first kappa shape index (κ1) is 10.2. The van der Waals surface area contributed by atoms with Gasteiger partial charge in [-0.3, -0.25) is 0 Å². The fraction of sp³-hybridized carbons (Fsp3) is 0.900. The summed E-state index contributed by atoms with van der Waals surface area (Å²) in [6.45, 7) is 7.19. The molecule has 11 heavy (non-hydrogen) atoms. The molecule has 0 N–H and O–H groups in total. The maximum absolute atomic E-state index is 2.46. The maximum Gasteiger partial charge on any atom is 0 e. The van der Waals surface area contributed by atoms with Crippen molar-refractivity contribution in [1.29, 1.82) is 0 Å². The molecule has 0 saturated heterocycles. The molecule has 3 unspecified atom stereocenters. The third kappa shape index (κ3) is 1.35. The first-order valence-corrected chi connectivity index (χ1v) is 4.53. The van der Waals surface area contributed by atoms with E-state index in [0.717, 1.165) is 17.3 Å². The van der Waals surface area contributed by atoms with Crippen molar-refractivity contribution in [2.75, 3.05) is 0 Å². The zero-order chi connectivity index (χ0) is 7.35. The molecule has 61 valence electrons. The Balaban J connectivity index is 0.000000605. The second-order valence-electron chi connectivity index (χ2n) is 4.34. The van der Waals surface area contributed by atoms with E-state index in [4.69, 9.17) is 0 Å². The first-order chi connectivity index (χ1) is 4.68. The van der Waals surface area contributed by atoms with Gasteiger partial charge in [0.2, 0.25) is 0 Å². The molecule has 0 spiro atoms. The second kappa shape index (κ2) is 3.11. The van der Waals surface area contributed by atoms with Gasteiger partial charge in [-0.05, 0) is 6.42 Å². The van der Waals surface area contributed by atoms with E-state index in [1.807, 2.05) is 5.92 Å². The number of hydrogen-bond acceptors (Lipinski definition) is 0. The summed E-state index contributed by atoms with van der Waals surface area (Å²) in [6.07, 6.45) is 4.29. The molecule has 0 aromatic heterocycles. The molecular weight excluding hydrogens is 209 g/mol. The summed E-state index contributed by atoms with van der Waals surface area (Å²) in [5.41, 5.74) is 0.755. The Morgan fingerprint density at radius 2 is 2.18 bits per heavy atom. The van der Waals surface area contributed by atoms with Crippen LogP contribution in [0.1, 0.15) is 40.0 Å². The van der Waals surface area contributed by atoms with E-state index in [-0.39, 0.29) is 32.7 Å². The van der Waals surface area contributed by atoms with Crippen molar-refractivity contribution < 1.29 is 32.7 Å². The summed E-state index contributed by atoms with van der Waals surface area (Å²) >= 11 is 0. The van der Waals surface area contributed by atoms with E-state index >= 15 is 0 Å². The molecule has 1 heteroatoms. The van der Waals surface area contributed by atoms with Gasteiger partial charge in [-0.15, -0.1) is 0 Å². The van der Waals surface area contributed by atoms with Crippen molar-refractivity contribution in [2.45, 2.75) is 40.0 Å². The van der Waals surface area contributed by atoms with Crippen LogP contribution in [0.15, 0.2) is 0 Å². The second-order valence-corrected chi connectivity index (χ2v) is 4.34. The summed E-state index contributed by atoms with van der Waals surface area (Å²) < 4.78 is 0. The summed E-state index contributed by atoms with van der Waals surface area (Å²) in [6, 6.07) is 0. The van der Waals surface area contributed by atoms with Crippen molar-refractivity contribution >= 4 is 0 Å². The Labute approximate surface area is 95.4 Å². The number of rotatable bonds is 1. The Morgan fingerprint density at radius 3 is 2.45 bits per heavy atom. The van der Waals surface area contributed by atoms with Gasteiger partial charge >= 0.3 is 0 Å². The normalized spacial score (nSPS) is 48.3. The van der Waals surface area contributed by atoms with E-state index in [0.29, 0.717) is 0 Å². The minimum Gasteiger partial charge on any atom is -0.310 e. The van der Waals surface area contributed by atoms with Crippen LogP contribution in [0.2, 0.25) is 0 Å². The van der Waals surface area contributed by atoms with Crippen molar-refractivity contribution in [3.63, 3.8) is 0 Å². The summed E-state index contributed by atoms with van der Waals surface area (Å²) in [5, 5.41) is 0. The third-order valence-corrected chi connectivity index (χ3v) is 4.02. The SMILES string of the molecule is CC[C-]1CC2CC2(C)C1C.[Y]. The molecule has 3 atom stereocenters. The van der Waals surface area contributed by atoms with Crippen molar-refractivity contribution in [2.24, 2.45) is 17.3 Å². The Hall–Kier alpha value is 1.10. The van der Waals surface area contributed by atoms with Gasteiger partial charge in [0.15, 0.2) is 0 Å². The summed E-state index contributed by atoms with van der Waals surface area (Å²) in [7, 11) is 0. The number of fused-ring (bicyclic) bond motifs is 1. The predicted octanol–water partition coefficient (Wildman–Crippen LogP) is 3.03. The molecule has 2 saturated carbocycles. The molecule has 0 bridgehead atoms. The van der Waals surface area contributed by atoms with E-state index in [2.05, 4.69) is 20.8 Å². The average molecular weight is 226 g/mol. The van der Waals surface area contributed by atoms with Crippen molar-refractivity contribution in [1.82, 2.24) is 0 Å². The molecule has 0 amide bonds. The fourth-order valence-corrected chi connectivity index (χ4v) is 2.72. The number of hydrogen-bond donors (Lipinski definition) is 0. The molecule has 0 heterocycles. The Bertz CT molecular complexity index is 155. The molecule has 2 rings (SSSR count). The van der Waals surface area contributed by atoms with Gasteiger partial charge in [-0.1, -0.05) is 32.1 Å². The molecule has 0 aliphatic heterocycles. The van der Waals surface area contributed by atoms with Gasteiger partial charge in [0.05, 0.1) is 0 Å². The van der Waals surface area contributed by atoms with Crippen LogP contribution in [0.4, 0.5) is 0 Å². The van der Waals surface area contributed by atoms with Crippen LogP contribution in [0, 0.1) is 23.2 Å². The van der Waals surface area contributed by atoms with Crippen LogP contribution in [0.5, 0.6) is 0 Å². The van der Waals surface area contributed by atoms with Gasteiger partial charge in [-0.2, -0.15) is 18.8 Å². The molecule has 2 fully saturated rings. The fourth-order valence-electron chi connectivity index (χ4n) is 2.72. The average Bonchev–Trinajstić information content (AvgIpc) is 2.51. The Morgan fingerprint density at radius 1 is 1.55 bits per heavy atom. The van der Waals surface area contributed by atoms with Crippen LogP contribution in [-0.2, 0) is 32.7 Å². The zero-order valence-corrected chi connectivity index (χ0v) is 10.7. The van der Waals surface area contributed by atoms with E-state index in [1.165, 1.54) is 19.3 Å². The zero-order valence-electron chi connectivity index (χ0n) is 7.85. The standard InChI is InChI=1S/C10H17.Y/c1-4-8-5-9-6-10(9,3)7(8)2;/h7,9H,4-6H2,1-3H3;/q-1;. The van der Waals surface area contributed by atoms with E-state index in [1.54, 1.807) is 0 Å². The van der Waals surface area contributed by atoms with Gasteiger partial charge in [0.1, 0.15) is 0 Å². The largest absolute Gasteiger partial charge is 0.310 e. The molecule has 2 aliphatic carbocycles. The molecule has 0 aromatic rings. The smallest absolute Gasteiger partial charge is 0 e. The van der Waals surface area contributed by atoms with Gasteiger partial charge < -0.3 is 5.92 Å². The molecule has 0 aromatic carbocycles. The molecule has 0 nitrogen and oxygen atoms in total. The third-order valence-electron chi connectivity index (χ3n) is 4.02. The summed E-state index contributed by atoms with van der Waals surface area (Å²) in [5.74, 6) is 3.85. The van der Waals surface area contributed by atoms with E-state index < -0.39 is 0 Å². The minimum atomic E-state index is 0. The van der Waals surface area contributed by atoms with Gasteiger partial charge in [-0.25, -0.2) is 0 Å². The van der Waals surface area contributed by atoms with Crippen LogP contribution in [0.3, 0.4) is 0 Å². The van der Waals surface area contributed by atoms with Gasteiger partial charge in [0, 0.05) is 32.7 Å². The van der Waals surface area contributed by atoms with Crippen LogP contribution in [-0.4, -0.2) is 0 Å². The van der Waals surface area contributed by atoms with Crippen LogP contribution in [0.25, 0.3) is 0 Å². The van der Waals surface area contributed by atoms with E-state index in [9.17, 15) is 0 Å². The van der Waals surface area contributed by atoms with Crippen molar-refractivity contribution in [3.8, 4) is 0 Å². The topological polar surface area (TPSA) is 0 Å². The first-order valence-electron chi connectivity index (χ1n) is 4.53. The monoisotopic (exact) mass is 226 g/mol. The molecular formula is C10H17Y-. The van der Waals surface area contributed by atoms with Gasteiger partial charge in [0.25, 0.3) is 0 Å². The molecule has 2 aliphatic rings. The Kier molecular flexibility index (Phi) is 2.88. The molecule has 1 radical (unpaired) electrons. The van der Waals surface area contributed by atoms with Crippen molar-refractivity contribution in [3.05, 3.63) is 5.92 Å². The van der Waals surface area contributed by atoms with Crippen LogP contribution >= 0.6 is 0 Å². The summed E-state index contributed by atoms with van der Waals surface area (Å²) in [4.78, 5) is 0. The predicted molar refractivity (Wildman–Crippen MR) is 43.5 cm³/mol. The van der Waals surface area contributed by atoms with Crippen LogP contribution < -0.4 is 0 Å². The maximum atomic E-state index is 2.46. The quantitative estimate of drug-likeness (QED) is 0.603. The minimum absolute atomic E-state index is 0.